The summed E-state index contributed by atoms with van der Waals surface area (Å²) in [5, 5.41) is 19.2. The molecule has 4 heteroatoms. The molecule has 0 heterocycles. The van der Waals surface area contributed by atoms with Gasteiger partial charge in [-0.2, -0.15) is 0 Å². The summed E-state index contributed by atoms with van der Waals surface area (Å²) in [6, 6.07) is 26.7. The summed E-state index contributed by atoms with van der Waals surface area (Å²) in [5.74, 6) is 2.03. The van der Waals surface area contributed by atoms with E-state index in [0.29, 0.717) is 0 Å². The van der Waals surface area contributed by atoms with E-state index in [0.717, 1.165) is 44.9 Å². The van der Waals surface area contributed by atoms with Gasteiger partial charge in [0.05, 0.1) is 14.2 Å². The molecule has 0 atom stereocenters. The highest BCUT2D eigenvalue weighted by Crippen LogP contribution is 2.41. The molecule has 0 spiro atoms. The fraction of sp³-hybridized carbons (Fsp3) is 0.172. The summed E-state index contributed by atoms with van der Waals surface area (Å²) >= 11 is 0. The third-order valence-corrected chi connectivity index (χ3v) is 6.20. The maximum Gasteiger partial charge on any atom is 0.126 e. The molecule has 33 heavy (non-hydrogen) atoms. The van der Waals surface area contributed by atoms with Gasteiger partial charge in [0.15, 0.2) is 0 Å². The predicted molar refractivity (Wildman–Crippen MR) is 132 cm³/mol. The molecule has 0 saturated heterocycles. The molecule has 0 bridgehead atoms. The molecule has 0 aliphatic rings. The van der Waals surface area contributed by atoms with E-state index in [1.807, 2.05) is 24.3 Å². The molecule has 2 N–H and O–H groups in total. The van der Waals surface area contributed by atoms with Crippen LogP contribution in [-0.2, 0) is 5.41 Å². The van der Waals surface area contributed by atoms with Crippen LogP contribution in [0.2, 0.25) is 0 Å². The second-order valence-electron chi connectivity index (χ2n) is 8.55. The van der Waals surface area contributed by atoms with Crippen molar-refractivity contribution in [1.82, 2.24) is 0 Å². The van der Waals surface area contributed by atoms with Crippen LogP contribution in [0.3, 0.4) is 0 Å². The molecule has 0 aromatic heterocycles. The number of phenols is 2. The zero-order valence-corrected chi connectivity index (χ0v) is 19.3. The van der Waals surface area contributed by atoms with Crippen molar-refractivity contribution in [3.05, 3.63) is 96.1 Å². The first-order valence-electron chi connectivity index (χ1n) is 10.8. The van der Waals surface area contributed by atoms with Crippen LogP contribution in [0.5, 0.6) is 23.0 Å². The Labute approximate surface area is 194 Å². The number of phenolic OH excluding ortho intramolecular Hbond substituents is 2. The molecule has 4 rings (SSSR count). The number of rotatable bonds is 6. The summed E-state index contributed by atoms with van der Waals surface area (Å²) in [6.45, 7) is 4.36. The van der Waals surface area contributed by atoms with Crippen LogP contribution in [0.25, 0.3) is 22.3 Å². The lowest BCUT2D eigenvalue weighted by molar-refractivity contribution is 0.413. The van der Waals surface area contributed by atoms with Crippen molar-refractivity contribution < 1.29 is 19.7 Å². The van der Waals surface area contributed by atoms with Gasteiger partial charge >= 0.3 is 0 Å². The van der Waals surface area contributed by atoms with Gasteiger partial charge in [0.25, 0.3) is 0 Å². The summed E-state index contributed by atoms with van der Waals surface area (Å²) in [4.78, 5) is 0. The van der Waals surface area contributed by atoms with Crippen LogP contribution < -0.4 is 9.47 Å². The van der Waals surface area contributed by atoms with Gasteiger partial charge in [-0.1, -0.05) is 62.4 Å². The Morgan fingerprint density at radius 3 is 1.24 bits per heavy atom. The summed E-state index contributed by atoms with van der Waals surface area (Å²) in [7, 11) is 3.34. The van der Waals surface area contributed by atoms with E-state index in [1.54, 1.807) is 38.5 Å². The van der Waals surface area contributed by atoms with Gasteiger partial charge in [-0.25, -0.2) is 0 Å². The van der Waals surface area contributed by atoms with E-state index in [4.69, 9.17) is 9.47 Å². The van der Waals surface area contributed by atoms with E-state index in [1.165, 1.54) is 0 Å². The van der Waals surface area contributed by atoms with E-state index >= 15 is 0 Å². The van der Waals surface area contributed by atoms with Crippen LogP contribution in [0, 0.1) is 0 Å². The molecule has 168 valence electrons. The molecular weight excluding hydrogens is 412 g/mol. The van der Waals surface area contributed by atoms with Gasteiger partial charge in [-0.15, -0.1) is 0 Å². The molecule has 4 nitrogen and oxygen atoms in total. The number of benzene rings is 4. The van der Waals surface area contributed by atoms with Crippen molar-refractivity contribution >= 4 is 0 Å². The number of ether oxygens (including phenoxy) is 2. The molecule has 0 aliphatic heterocycles. The lowest BCUT2D eigenvalue weighted by atomic mass is 9.77. The fourth-order valence-corrected chi connectivity index (χ4v) is 4.09. The second kappa shape index (κ2) is 8.91. The fourth-order valence-electron chi connectivity index (χ4n) is 4.09. The molecule has 0 saturated carbocycles. The molecule has 0 fully saturated rings. The summed E-state index contributed by atoms with van der Waals surface area (Å²) in [6.07, 6.45) is 0. The van der Waals surface area contributed by atoms with Gasteiger partial charge < -0.3 is 19.7 Å². The zero-order valence-electron chi connectivity index (χ0n) is 19.3. The minimum Gasteiger partial charge on any atom is -0.508 e. The van der Waals surface area contributed by atoms with Crippen molar-refractivity contribution in [2.75, 3.05) is 14.2 Å². The first-order valence-corrected chi connectivity index (χ1v) is 10.8. The third kappa shape index (κ3) is 4.37. The first kappa shape index (κ1) is 22.3. The van der Waals surface area contributed by atoms with Crippen molar-refractivity contribution in [3.63, 3.8) is 0 Å². The lowest BCUT2D eigenvalue weighted by Crippen LogP contribution is -2.19. The van der Waals surface area contributed by atoms with Gasteiger partial charge in [-0.05, 0) is 58.7 Å². The minimum atomic E-state index is -0.304. The normalized spacial score (nSPS) is 11.3. The van der Waals surface area contributed by atoms with Crippen molar-refractivity contribution in [1.29, 1.82) is 0 Å². The van der Waals surface area contributed by atoms with Crippen LogP contribution in [0.4, 0.5) is 0 Å². The SMILES string of the molecule is COc1cc(C(C)(C)c2ccc(-c3ccc(O)cc3)c(OC)c2)ccc1-c1ccc(O)cc1. The monoisotopic (exact) mass is 440 g/mol. The highest BCUT2D eigenvalue weighted by molar-refractivity contribution is 5.73. The van der Waals surface area contributed by atoms with Crippen molar-refractivity contribution in [2.45, 2.75) is 19.3 Å². The van der Waals surface area contributed by atoms with E-state index in [9.17, 15) is 10.2 Å². The lowest BCUT2D eigenvalue weighted by Gasteiger charge is -2.28. The Bertz CT molecular complexity index is 1160. The highest BCUT2D eigenvalue weighted by Gasteiger charge is 2.26. The van der Waals surface area contributed by atoms with Gasteiger partial charge in [-0.3, -0.25) is 0 Å². The number of aromatic hydroxyl groups is 2. The Morgan fingerprint density at radius 2 is 0.909 bits per heavy atom. The third-order valence-electron chi connectivity index (χ3n) is 6.20. The van der Waals surface area contributed by atoms with Gasteiger partial charge in [0, 0.05) is 16.5 Å². The van der Waals surface area contributed by atoms with Crippen LogP contribution in [0.1, 0.15) is 25.0 Å². The Hall–Kier alpha value is -3.92. The maximum atomic E-state index is 9.60. The van der Waals surface area contributed by atoms with Crippen LogP contribution in [-0.4, -0.2) is 24.4 Å². The van der Waals surface area contributed by atoms with Gasteiger partial charge in [0.2, 0.25) is 0 Å². The topological polar surface area (TPSA) is 58.9 Å². The molecule has 0 unspecified atom stereocenters. The van der Waals surface area contributed by atoms with E-state index in [2.05, 4.69) is 50.2 Å². The van der Waals surface area contributed by atoms with E-state index < -0.39 is 0 Å². The molecule has 0 amide bonds. The Kier molecular flexibility index (Phi) is 6.01. The molecule has 4 aromatic carbocycles. The Morgan fingerprint density at radius 1 is 0.545 bits per heavy atom. The summed E-state index contributed by atoms with van der Waals surface area (Å²) < 4.78 is 11.5. The average molecular weight is 441 g/mol. The smallest absolute Gasteiger partial charge is 0.126 e. The van der Waals surface area contributed by atoms with Crippen LogP contribution >= 0.6 is 0 Å². The van der Waals surface area contributed by atoms with Crippen molar-refractivity contribution in [2.24, 2.45) is 0 Å². The molecule has 4 aromatic rings. The van der Waals surface area contributed by atoms with E-state index in [-0.39, 0.29) is 16.9 Å². The number of methoxy groups -OCH3 is 2. The number of hydrogen-bond acceptors (Lipinski definition) is 4. The van der Waals surface area contributed by atoms with Crippen molar-refractivity contribution in [3.8, 4) is 45.3 Å². The van der Waals surface area contributed by atoms with Crippen LogP contribution in [0.15, 0.2) is 84.9 Å². The quantitative estimate of drug-likeness (QED) is 0.347. The minimum absolute atomic E-state index is 0.236. The number of hydrogen-bond donors (Lipinski definition) is 2. The predicted octanol–water partition coefficient (Wildman–Crippen LogP) is 6.77. The molecule has 0 radical (unpaired) electrons. The molecular formula is C29H28O4. The molecule has 0 aliphatic carbocycles. The summed E-state index contributed by atoms with van der Waals surface area (Å²) in [5.41, 5.74) is 5.82. The average Bonchev–Trinajstić information content (AvgIpc) is 2.84. The zero-order chi connectivity index (χ0) is 23.6. The first-order chi connectivity index (χ1) is 15.8. The Balaban J connectivity index is 1.73. The van der Waals surface area contributed by atoms with Gasteiger partial charge in [0.1, 0.15) is 23.0 Å². The largest absolute Gasteiger partial charge is 0.508 e. The second-order valence-corrected chi connectivity index (χ2v) is 8.55. The standard InChI is InChI=1S/C29H28O4/c1-29(2,21-9-15-25(27(17-21)32-3)19-5-11-23(30)12-6-19)22-10-16-26(28(18-22)33-4)20-7-13-24(31)14-8-20/h5-18,30-31H,1-4H3. The highest BCUT2D eigenvalue weighted by atomic mass is 16.5. The maximum absolute atomic E-state index is 9.60.